The zero-order chi connectivity index (χ0) is 9.84. The molecule has 5 nitrogen and oxygen atoms in total. The van der Waals surface area contributed by atoms with E-state index in [-0.39, 0.29) is 11.3 Å². The Balaban J connectivity index is 3.26. The molecule has 0 fully saturated rings. The maximum Gasteiger partial charge on any atom is 0.336 e. The van der Waals surface area contributed by atoms with Gasteiger partial charge in [0.1, 0.15) is 0 Å². The van der Waals surface area contributed by atoms with Crippen molar-refractivity contribution in [2.45, 2.75) is 4.90 Å². The van der Waals surface area contributed by atoms with E-state index < -0.39 is 5.97 Å². The largest absolute Gasteiger partial charge is 0.478 e. The Kier molecular flexibility index (Phi) is 2.79. The summed E-state index contributed by atoms with van der Waals surface area (Å²) in [6.45, 7) is 0. The second kappa shape index (κ2) is 3.84. The van der Waals surface area contributed by atoms with Crippen molar-refractivity contribution in [2.24, 2.45) is 5.11 Å². The van der Waals surface area contributed by atoms with Crippen LogP contribution in [0, 0.1) is 0 Å². The normalized spacial score (nSPS) is 9.00. The van der Waals surface area contributed by atoms with Crippen molar-refractivity contribution in [3.05, 3.63) is 34.2 Å². The topological polar surface area (TPSA) is 86.1 Å². The van der Waals surface area contributed by atoms with Crippen LogP contribution in [0.5, 0.6) is 0 Å². The van der Waals surface area contributed by atoms with Gasteiger partial charge in [0.25, 0.3) is 0 Å². The molecule has 0 bridgehead atoms. The van der Waals surface area contributed by atoms with Gasteiger partial charge in [-0.2, -0.15) is 0 Å². The van der Waals surface area contributed by atoms with Gasteiger partial charge in [-0.05, 0) is 17.7 Å². The first kappa shape index (κ1) is 9.44. The molecule has 1 aromatic rings. The van der Waals surface area contributed by atoms with Crippen molar-refractivity contribution in [2.75, 3.05) is 0 Å². The molecule has 6 heteroatoms. The smallest absolute Gasteiger partial charge is 0.336 e. The molecule has 0 spiro atoms. The summed E-state index contributed by atoms with van der Waals surface area (Å²) in [5.41, 5.74) is 8.39. The molecule has 13 heavy (non-hydrogen) atoms. The van der Waals surface area contributed by atoms with Crippen molar-refractivity contribution >= 4 is 24.3 Å². The average Bonchev–Trinajstić information content (AvgIpc) is 2.08. The second-order valence-electron chi connectivity index (χ2n) is 2.20. The zero-order valence-electron chi connectivity index (χ0n) is 6.38. The summed E-state index contributed by atoms with van der Waals surface area (Å²) in [6.07, 6.45) is 0. The van der Waals surface area contributed by atoms with E-state index in [1.165, 1.54) is 18.2 Å². The fourth-order valence-electron chi connectivity index (χ4n) is 0.809. The van der Waals surface area contributed by atoms with Gasteiger partial charge in [-0.1, -0.05) is 11.2 Å². The maximum absolute atomic E-state index is 10.6. The summed E-state index contributed by atoms with van der Waals surface area (Å²) in [5.74, 6) is -1.10. The maximum atomic E-state index is 10.6. The van der Waals surface area contributed by atoms with Crippen molar-refractivity contribution in [1.82, 2.24) is 0 Å². The van der Waals surface area contributed by atoms with Gasteiger partial charge in [0.05, 0.1) is 5.56 Å². The van der Waals surface area contributed by atoms with E-state index in [2.05, 4.69) is 22.7 Å². The minimum absolute atomic E-state index is 0.0215. The number of carboxylic acid groups (broad SMARTS) is 1. The van der Waals surface area contributed by atoms with E-state index in [0.717, 1.165) is 0 Å². The molecule has 1 rings (SSSR count). The highest BCUT2D eigenvalue weighted by molar-refractivity contribution is 7.80. The molecule has 0 saturated heterocycles. The van der Waals surface area contributed by atoms with Crippen LogP contribution < -0.4 is 0 Å². The van der Waals surface area contributed by atoms with Gasteiger partial charge in [0.2, 0.25) is 0 Å². The number of carboxylic acids is 1. The predicted molar refractivity (Wildman–Crippen MR) is 49.5 cm³/mol. The van der Waals surface area contributed by atoms with Gasteiger partial charge in [-0.3, -0.25) is 0 Å². The first-order chi connectivity index (χ1) is 6.15. The highest BCUT2D eigenvalue weighted by Crippen LogP contribution is 2.21. The van der Waals surface area contributed by atoms with Crippen LogP contribution in [0.25, 0.3) is 10.4 Å². The monoisotopic (exact) mass is 195 g/mol. The summed E-state index contributed by atoms with van der Waals surface area (Å²) in [4.78, 5) is 13.5. The Morgan fingerprint density at radius 3 is 2.85 bits per heavy atom. The third-order valence-electron chi connectivity index (χ3n) is 1.37. The predicted octanol–water partition coefficient (Wildman–Crippen LogP) is 2.62. The van der Waals surface area contributed by atoms with Crippen molar-refractivity contribution in [3.8, 4) is 0 Å². The van der Waals surface area contributed by atoms with E-state index >= 15 is 0 Å². The SMILES string of the molecule is [N-]=[N+]=Nc1ccc(S)c(C(=O)O)c1. The van der Waals surface area contributed by atoms with Crippen LogP contribution in [0.4, 0.5) is 5.69 Å². The molecule has 0 heterocycles. The summed E-state index contributed by atoms with van der Waals surface area (Å²) >= 11 is 3.94. The first-order valence-corrected chi connectivity index (χ1v) is 3.71. The van der Waals surface area contributed by atoms with Gasteiger partial charge in [0, 0.05) is 15.5 Å². The number of benzene rings is 1. The van der Waals surface area contributed by atoms with Crippen LogP contribution in [0.3, 0.4) is 0 Å². The molecule has 0 aliphatic heterocycles. The van der Waals surface area contributed by atoms with Crippen LogP contribution in [-0.4, -0.2) is 11.1 Å². The molecule has 0 aliphatic carbocycles. The summed E-state index contributed by atoms with van der Waals surface area (Å²) < 4.78 is 0. The molecule has 1 aromatic carbocycles. The lowest BCUT2D eigenvalue weighted by Crippen LogP contribution is -1.96. The molecule has 0 unspecified atom stereocenters. The van der Waals surface area contributed by atoms with Crippen LogP contribution >= 0.6 is 12.6 Å². The van der Waals surface area contributed by atoms with Crippen LogP contribution in [-0.2, 0) is 0 Å². The number of hydrogen-bond donors (Lipinski definition) is 2. The van der Waals surface area contributed by atoms with E-state index in [1.54, 1.807) is 0 Å². The van der Waals surface area contributed by atoms with Gasteiger partial charge in [-0.25, -0.2) is 4.79 Å². The number of nitrogens with zero attached hydrogens (tertiary/aromatic N) is 3. The average molecular weight is 195 g/mol. The van der Waals surface area contributed by atoms with E-state index in [0.29, 0.717) is 4.90 Å². The molecule has 0 saturated carbocycles. The molecule has 0 atom stereocenters. The standard InChI is InChI=1S/C7H5N3O2S/c8-10-9-4-1-2-6(13)5(3-4)7(11)12/h1-3,13H,(H,11,12). The third-order valence-corrected chi connectivity index (χ3v) is 1.76. The van der Waals surface area contributed by atoms with Gasteiger partial charge in [0.15, 0.2) is 0 Å². The Hall–Kier alpha value is -1.65. The lowest BCUT2D eigenvalue weighted by molar-refractivity contribution is 0.0693. The molecule has 1 N–H and O–H groups in total. The molecular formula is C7H5N3O2S. The number of azide groups is 1. The Morgan fingerprint density at radius 1 is 1.62 bits per heavy atom. The minimum atomic E-state index is -1.10. The number of rotatable bonds is 2. The fraction of sp³-hybridized carbons (Fsp3) is 0. The molecule has 0 amide bonds. The first-order valence-electron chi connectivity index (χ1n) is 3.26. The zero-order valence-corrected chi connectivity index (χ0v) is 7.27. The number of hydrogen-bond acceptors (Lipinski definition) is 3. The van der Waals surface area contributed by atoms with Crippen LogP contribution in [0.15, 0.2) is 28.2 Å². The number of thiol groups is 1. The van der Waals surface area contributed by atoms with Gasteiger partial charge < -0.3 is 5.11 Å². The number of aromatic carboxylic acids is 1. The Bertz CT molecular complexity index is 399. The Morgan fingerprint density at radius 2 is 2.31 bits per heavy atom. The number of carbonyl (C=O) groups is 1. The summed E-state index contributed by atoms with van der Waals surface area (Å²) in [5, 5.41) is 11.9. The van der Waals surface area contributed by atoms with Crippen LogP contribution in [0.1, 0.15) is 10.4 Å². The van der Waals surface area contributed by atoms with E-state index in [4.69, 9.17) is 10.6 Å². The fourth-order valence-corrected chi connectivity index (χ4v) is 1.04. The minimum Gasteiger partial charge on any atom is -0.478 e. The van der Waals surface area contributed by atoms with Crippen molar-refractivity contribution < 1.29 is 9.90 Å². The second-order valence-corrected chi connectivity index (χ2v) is 2.68. The van der Waals surface area contributed by atoms with Gasteiger partial charge >= 0.3 is 5.97 Å². The lowest BCUT2D eigenvalue weighted by Gasteiger charge is -1.99. The van der Waals surface area contributed by atoms with Crippen LogP contribution in [0.2, 0.25) is 0 Å². The highest BCUT2D eigenvalue weighted by atomic mass is 32.1. The molecule has 0 aliphatic rings. The van der Waals surface area contributed by atoms with Gasteiger partial charge in [-0.15, -0.1) is 12.6 Å². The molecule has 66 valence electrons. The third kappa shape index (κ3) is 2.14. The Labute approximate surface area is 79.0 Å². The highest BCUT2D eigenvalue weighted by Gasteiger charge is 2.07. The lowest BCUT2D eigenvalue weighted by atomic mass is 10.2. The molecule has 0 radical (unpaired) electrons. The molecule has 0 aromatic heterocycles. The van der Waals surface area contributed by atoms with Crippen molar-refractivity contribution in [1.29, 1.82) is 0 Å². The molecular weight excluding hydrogens is 190 g/mol. The quantitative estimate of drug-likeness (QED) is 0.329. The van der Waals surface area contributed by atoms with Crippen molar-refractivity contribution in [3.63, 3.8) is 0 Å². The summed E-state index contributed by atoms with van der Waals surface area (Å²) in [6, 6.07) is 4.23. The summed E-state index contributed by atoms with van der Waals surface area (Å²) in [7, 11) is 0. The van der Waals surface area contributed by atoms with E-state index in [9.17, 15) is 4.79 Å². The van der Waals surface area contributed by atoms with E-state index in [1.807, 2.05) is 0 Å².